The number of nitrogen functional groups attached to an aromatic ring is 1. The highest BCUT2D eigenvalue weighted by atomic mass is 16.6. The Morgan fingerprint density at radius 2 is 2.11 bits per heavy atom. The number of para-hydroxylation sites is 1. The number of rotatable bonds is 4. The first kappa shape index (κ1) is 12.7. The maximum atomic E-state index is 11.0. The number of nitrogens with two attached hydrogens (primary N) is 1. The quantitative estimate of drug-likeness (QED) is 0.668. The van der Waals surface area contributed by atoms with Gasteiger partial charge in [-0.15, -0.1) is 0 Å². The Morgan fingerprint density at radius 1 is 1.37 bits per heavy atom. The van der Waals surface area contributed by atoms with Gasteiger partial charge in [-0.3, -0.25) is 10.1 Å². The molecule has 7 heteroatoms. The lowest BCUT2D eigenvalue weighted by Gasteiger charge is -2.09. The Morgan fingerprint density at radius 3 is 2.79 bits per heavy atom. The van der Waals surface area contributed by atoms with Crippen LogP contribution in [0.15, 0.2) is 30.6 Å². The minimum absolute atomic E-state index is 0.154. The van der Waals surface area contributed by atoms with E-state index in [-0.39, 0.29) is 11.7 Å². The van der Waals surface area contributed by atoms with Crippen molar-refractivity contribution in [3.8, 4) is 11.6 Å². The molecule has 1 aromatic heterocycles. The molecule has 2 aromatic rings. The zero-order chi connectivity index (χ0) is 13.8. The highest BCUT2D eigenvalue weighted by Gasteiger charge is 2.23. The van der Waals surface area contributed by atoms with E-state index < -0.39 is 10.6 Å². The van der Waals surface area contributed by atoms with E-state index >= 15 is 0 Å². The van der Waals surface area contributed by atoms with Gasteiger partial charge in [0.05, 0.1) is 4.92 Å². The highest BCUT2D eigenvalue weighted by molar-refractivity contribution is 5.59. The van der Waals surface area contributed by atoms with Gasteiger partial charge in [-0.1, -0.05) is 25.1 Å². The number of anilines is 1. The Hall–Kier alpha value is -2.70. The molecule has 7 nitrogen and oxygen atoms in total. The largest absolute Gasteiger partial charge is 0.433 e. The number of aryl methyl sites for hydroxylation is 1. The van der Waals surface area contributed by atoms with Crippen molar-refractivity contribution < 1.29 is 9.66 Å². The van der Waals surface area contributed by atoms with Gasteiger partial charge in [0.2, 0.25) is 5.82 Å². The summed E-state index contributed by atoms with van der Waals surface area (Å²) < 4.78 is 5.50. The van der Waals surface area contributed by atoms with Crippen LogP contribution in [0.2, 0.25) is 0 Å². The van der Waals surface area contributed by atoms with Crippen LogP contribution in [0, 0.1) is 10.1 Å². The Bertz CT molecular complexity index is 616. The Balaban J connectivity index is 2.44. The zero-order valence-electron chi connectivity index (χ0n) is 10.2. The van der Waals surface area contributed by atoms with Gasteiger partial charge in [-0.25, -0.2) is 4.98 Å². The van der Waals surface area contributed by atoms with Crippen molar-refractivity contribution in [2.75, 3.05) is 5.73 Å². The fourth-order valence-electron chi connectivity index (χ4n) is 1.62. The molecule has 1 aromatic carbocycles. The monoisotopic (exact) mass is 260 g/mol. The van der Waals surface area contributed by atoms with E-state index in [1.165, 1.54) is 0 Å². The first-order valence-corrected chi connectivity index (χ1v) is 5.64. The van der Waals surface area contributed by atoms with Crippen molar-refractivity contribution >= 4 is 11.5 Å². The standard InChI is InChI=1S/C12H12N4O3/c1-2-8-5-3-4-6-9(8)19-12-10(16(17)18)11(13)14-7-15-12/h3-7H,2H2,1H3,(H2,13,14,15). The summed E-state index contributed by atoms with van der Waals surface area (Å²) in [5.41, 5.74) is 5.98. The molecule has 1 heterocycles. The van der Waals surface area contributed by atoms with Crippen molar-refractivity contribution in [3.05, 3.63) is 46.3 Å². The summed E-state index contributed by atoms with van der Waals surface area (Å²) in [6.07, 6.45) is 1.87. The number of aromatic nitrogens is 2. The van der Waals surface area contributed by atoms with Crippen LogP contribution < -0.4 is 10.5 Å². The fraction of sp³-hybridized carbons (Fsp3) is 0.167. The van der Waals surface area contributed by atoms with Gasteiger partial charge in [-0.2, -0.15) is 4.98 Å². The van der Waals surface area contributed by atoms with Crippen LogP contribution in [0.4, 0.5) is 11.5 Å². The molecule has 98 valence electrons. The molecule has 0 spiro atoms. The van der Waals surface area contributed by atoms with Crippen molar-refractivity contribution in [1.29, 1.82) is 0 Å². The summed E-state index contributed by atoms with van der Waals surface area (Å²) in [5.74, 6) is 0.147. The first-order valence-electron chi connectivity index (χ1n) is 5.64. The lowest BCUT2D eigenvalue weighted by atomic mass is 10.1. The van der Waals surface area contributed by atoms with Crippen LogP contribution in [0.25, 0.3) is 0 Å². The van der Waals surface area contributed by atoms with E-state index in [1.54, 1.807) is 12.1 Å². The van der Waals surface area contributed by atoms with E-state index in [4.69, 9.17) is 10.5 Å². The molecular weight excluding hydrogens is 248 g/mol. The molecule has 0 aliphatic carbocycles. The minimum atomic E-state index is -0.654. The molecule has 0 atom stereocenters. The fourth-order valence-corrected chi connectivity index (χ4v) is 1.62. The van der Waals surface area contributed by atoms with Gasteiger partial charge in [-0.05, 0) is 18.1 Å². The van der Waals surface area contributed by atoms with E-state index in [0.29, 0.717) is 5.75 Å². The third kappa shape index (κ3) is 2.59. The molecule has 0 amide bonds. The molecule has 0 aliphatic rings. The average Bonchev–Trinajstić information content (AvgIpc) is 2.39. The average molecular weight is 260 g/mol. The molecule has 0 unspecified atom stereocenters. The predicted molar refractivity (Wildman–Crippen MR) is 69.0 cm³/mol. The maximum absolute atomic E-state index is 11.0. The second kappa shape index (κ2) is 5.30. The van der Waals surface area contributed by atoms with Crippen molar-refractivity contribution in [1.82, 2.24) is 9.97 Å². The molecule has 0 radical (unpaired) electrons. The number of nitro groups is 1. The van der Waals surface area contributed by atoms with Crippen LogP contribution >= 0.6 is 0 Å². The predicted octanol–water partition coefficient (Wildman–Crippen LogP) is 2.32. The van der Waals surface area contributed by atoms with Gasteiger partial charge in [0, 0.05) is 0 Å². The molecule has 0 saturated carbocycles. The van der Waals surface area contributed by atoms with Gasteiger partial charge >= 0.3 is 11.6 Å². The lowest BCUT2D eigenvalue weighted by molar-refractivity contribution is -0.385. The topological polar surface area (TPSA) is 104 Å². The van der Waals surface area contributed by atoms with Crippen molar-refractivity contribution in [2.24, 2.45) is 0 Å². The highest BCUT2D eigenvalue weighted by Crippen LogP contribution is 2.33. The Labute approximate surface area is 109 Å². The minimum Gasteiger partial charge on any atom is -0.433 e. The summed E-state index contributed by atoms with van der Waals surface area (Å²) in [7, 11) is 0. The summed E-state index contributed by atoms with van der Waals surface area (Å²) in [4.78, 5) is 17.7. The molecule has 0 saturated heterocycles. The van der Waals surface area contributed by atoms with E-state index in [9.17, 15) is 10.1 Å². The zero-order valence-corrected chi connectivity index (χ0v) is 10.2. The second-order valence-electron chi connectivity index (χ2n) is 3.73. The smallest absolute Gasteiger partial charge is 0.372 e. The first-order chi connectivity index (χ1) is 9.13. The molecule has 0 aliphatic heterocycles. The van der Waals surface area contributed by atoms with Crippen molar-refractivity contribution in [3.63, 3.8) is 0 Å². The number of nitrogens with zero attached hydrogens (tertiary/aromatic N) is 3. The van der Waals surface area contributed by atoms with Crippen LogP contribution in [0.5, 0.6) is 11.6 Å². The third-order valence-corrected chi connectivity index (χ3v) is 2.56. The van der Waals surface area contributed by atoms with Gasteiger partial charge in [0.25, 0.3) is 0 Å². The molecule has 19 heavy (non-hydrogen) atoms. The molecular formula is C12H12N4O3. The molecule has 0 fully saturated rings. The molecule has 2 N–H and O–H groups in total. The van der Waals surface area contributed by atoms with Gasteiger partial charge in [0.1, 0.15) is 12.1 Å². The van der Waals surface area contributed by atoms with Gasteiger partial charge < -0.3 is 10.5 Å². The van der Waals surface area contributed by atoms with E-state index in [0.717, 1.165) is 18.3 Å². The van der Waals surface area contributed by atoms with E-state index in [2.05, 4.69) is 9.97 Å². The van der Waals surface area contributed by atoms with Crippen LogP contribution in [-0.2, 0) is 6.42 Å². The summed E-state index contributed by atoms with van der Waals surface area (Å²) in [6.45, 7) is 1.96. The van der Waals surface area contributed by atoms with Crippen molar-refractivity contribution in [2.45, 2.75) is 13.3 Å². The molecule has 0 bridgehead atoms. The van der Waals surface area contributed by atoms with Gasteiger partial charge in [0.15, 0.2) is 0 Å². The number of hydrogen-bond donors (Lipinski definition) is 1. The summed E-state index contributed by atoms with van der Waals surface area (Å²) in [6, 6.07) is 7.26. The number of benzene rings is 1. The van der Waals surface area contributed by atoms with E-state index in [1.807, 2.05) is 19.1 Å². The summed E-state index contributed by atoms with van der Waals surface area (Å²) in [5, 5.41) is 11.0. The SMILES string of the molecule is CCc1ccccc1Oc1ncnc(N)c1[N+](=O)[O-]. The van der Waals surface area contributed by atoms with Crippen LogP contribution in [-0.4, -0.2) is 14.9 Å². The van der Waals surface area contributed by atoms with Crippen LogP contribution in [0.3, 0.4) is 0 Å². The summed E-state index contributed by atoms with van der Waals surface area (Å²) >= 11 is 0. The number of ether oxygens (including phenoxy) is 1. The maximum Gasteiger partial charge on any atom is 0.372 e. The number of hydrogen-bond acceptors (Lipinski definition) is 6. The Kier molecular flexibility index (Phi) is 3.56. The molecule has 2 rings (SSSR count). The second-order valence-corrected chi connectivity index (χ2v) is 3.73. The normalized spacial score (nSPS) is 10.2. The third-order valence-electron chi connectivity index (χ3n) is 2.56. The van der Waals surface area contributed by atoms with Crippen LogP contribution in [0.1, 0.15) is 12.5 Å². The lowest BCUT2D eigenvalue weighted by Crippen LogP contribution is -2.03.